The number of halogens is 1. The first-order valence-corrected chi connectivity index (χ1v) is 8.84. The first kappa shape index (κ1) is 18.7. The number of ether oxygens (including phenoxy) is 1. The number of nitrogens with two attached hydrogens (primary N) is 1. The molecule has 1 aliphatic heterocycles. The van der Waals surface area contributed by atoms with Gasteiger partial charge in [-0.25, -0.2) is 9.18 Å². The largest absolute Gasteiger partial charge is 0.489 e. The number of carbonyl (C=O) groups is 2. The zero-order valence-corrected chi connectivity index (χ0v) is 14.9. The van der Waals surface area contributed by atoms with E-state index in [1.54, 1.807) is 36.4 Å². The predicted molar refractivity (Wildman–Crippen MR) is 99.7 cm³/mol. The summed E-state index contributed by atoms with van der Waals surface area (Å²) in [6, 6.07) is 12.7. The summed E-state index contributed by atoms with van der Waals surface area (Å²) < 4.78 is 18.6. The van der Waals surface area contributed by atoms with Crippen molar-refractivity contribution in [3.63, 3.8) is 0 Å². The van der Waals surface area contributed by atoms with Crippen LogP contribution in [-0.4, -0.2) is 29.9 Å². The Kier molecular flexibility index (Phi) is 5.90. The number of hydrogen-bond acceptors (Lipinski definition) is 3. The van der Waals surface area contributed by atoms with Gasteiger partial charge >= 0.3 is 6.03 Å². The van der Waals surface area contributed by atoms with E-state index in [0.717, 1.165) is 18.4 Å². The first-order chi connectivity index (χ1) is 13.0. The second-order valence-electron chi connectivity index (χ2n) is 6.56. The number of piperidine rings is 1. The van der Waals surface area contributed by atoms with Gasteiger partial charge in [-0.3, -0.25) is 4.79 Å². The molecular weight excluding hydrogens is 349 g/mol. The van der Waals surface area contributed by atoms with Crippen LogP contribution in [-0.2, 0) is 11.4 Å². The van der Waals surface area contributed by atoms with E-state index in [-0.39, 0.29) is 17.6 Å². The Morgan fingerprint density at radius 2 is 2.00 bits per heavy atom. The predicted octanol–water partition coefficient (Wildman–Crippen LogP) is 3.13. The van der Waals surface area contributed by atoms with Crippen LogP contribution >= 0.6 is 0 Å². The van der Waals surface area contributed by atoms with Crippen LogP contribution in [0.3, 0.4) is 0 Å². The Bertz CT molecular complexity index is 810. The maximum Gasteiger partial charge on any atom is 0.314 e. The fraction of sp³-hybridized carbons (Fsp3) is 0.300. The molecular formula is C20H22FN3O3. The molecule has 1 atom stereocenters. The van der Waals surface area contributed by atoms with Crippen molar-refractivity contribution in [3.8, 4) is 5.75 Å². The molecule has 2 aromatic rings. The number of urea groups is 1. The van der Waals surface area contributed by atoms with E-state index in [0.29, 0.717) is 31.1 Å². The van der Waals surface area contributed by atoms with Gasteiger partial charge in [0.1, 0.15) is 18.2 Å². The quantitative estimate of drug-likeness (QED) is 0.847. The van der Waals surface area contributed by atoms with Crippen LogP contribution in [0, 0.1) is 11.7 Å². The molecule has 0 spiro atoms. The monoisotopic (exact) mass is 371 g/mol. The van der Waals surface area contributed by atoms with Gasteiger partial charge in [-0.1, -0.05) is 18.2 Å². The number of likely N-dealkylation sites (tertiary alicyclic amines) is 1. The minimum Gasteiger partial charge on any atom is -0.489 e. The van der Waals surface area contributed by atoms with E-state index in [2.05, 4.69) is 5.32 Å². The topological polar surface area (TPSA) is 84.7 Å². The highest BCUT2D eigenvalue weighted by atomic mass is 19.1. The lowest BCUT2D eigenvalue weighted by molar-refractivity contribution is -0.121. The van der Waals surface area contributed by atoms with E-state index in [9.17, 15) is 14.0 Å². The molecule has 0 aliphatic carbocycles. The van der Waals surface area contributed by atoms with Crippen LogP contribution in [0.1, 0.15) is 18.4 Å². The molecule has 3 N–H and O–H groups in total. The van der Waals surface area contributed by atoms with Gasteiger partial charge in [-0.2, -0.15) is 0 Å². The number of nitrogens with one attached hydrogen (secondary N) is 1. The van der Waals surface area contributed by atoms with Gasteiger partial charge < -0.3 is 20.7 Å². The van der Waals surface area contributed by atoms with Gasteiger partial charge in [0, 0.05) is 24.8 Å². The molecule has 1 fully saturated rings. The highest BCUT2D eigenvalue weighted by Gasteiger charge is 2.27. The van der Waals surface area contributed by atoms with Crippen LogP contribution < -0.4 is 15.8 Å². The van der Waals surface area contributed by atoms with E-state index >= 15 is 0 Å². The molecule has 0 saturated carbocycles. The summed E-state index contributed by atoms with van der Waals surface area (Å²) in [6.45, 7) is 1.22. The average Bonchev–Trinajstić information content (AvgIpc) is 2.68. The summed E-state index contributed by atoms with van der Waals surface area (Å²) in [5, 5.41) is 2.87. The molecule has 6 nitrogen and oxygen atoms in total. The third-order valence-corrected chi connectivity index (χ3v) is 4.52. The molecule has 2 aromatic carbocycles. The molecule has 7 heteroatoms. The molecule has 1 saturated heterocycles. The van der Waals surface area contributed by atoms with Gasteiger partial charge in [0.2, 0.25) is 5.91 Å². The average molecular weight is 371 g/mol. The van der Waals surface area contributed by atoms with Crippen molar-refractivity contribution in [1.29, 1.82) is 0 Å². The highest BCUT2D eigenvalue weighted by molar-refractivity contribution is 5.93. The van der Waals surface area contributed by atoms with E-state index < -0.39 is 6.03 Å². The number of carbonyl (C=O) groups excluding carboxylic acids is 2. The standard InChI is InChI=1S/C20H22FN3O3/c21-16-8-6-14(7-9-16)13-27-18-5-1-4-17(11-18)23-19(25)15-3-2-10-24(12-15)20(22)26/h1,4-9,11,15H,2-3,10,12-13H2,(H2,22,26)(H,23,25). The van der Waals surface area contributed by atoms with Crippen molar-refractivity contribution in [2.75, 3.05) is 18.4 Å². The summed E-state index contributed by atoms with van der Waals surface area (Å²) in [5.41, 5.74) is 6.77. The second-order valence-corrected chi connectivity index (χ2v) is 6.56. The van der Waals surface area contributed by atoms with Crippen molar-refractivity contribution < 1.29 is 18.7 Å². The van der Waals surface area contributed by atoms with Crippen LogP contribution in [0.25, 0.3) is 0 Å². The van der Waals surface area contributed by atoms with E-state index in [4.69, 9.17) is 10.5 Å². The Hall–Kier alpha value is -3.09. The summed E-state index contributed by atoms with van der Waals surface area (Å²) in [7, 11) is 0. The normalized spacial score (nSPS) is 16.6. The number of primary amides is 1. The number of benzene rings is 2. The van der Waals surface area contributed by atoms with Crippen molar-refractivity contribution in [2.24, 2.45) is 11.7 Å². The van der Waals surface area contributed by atoms with Gasteiger partial charge in [0.15, 0.2) is 0 Å². The lowest BCUT2D eigenvalue weighted by atomic mass is 9.97. The van der Waals surface area contributed by atoms with E-state index in [1.807, 2.05) is 0 Å². The fourth-order valence-corrected chi connectivity index (χ4v) is 3.05. The maximum atomic E-state index is 12.9. The number of anilines is 1. The SMILES string of the molecule is NC(=O)N1CCCC(C(=O)Nc2cccc(OCc3ccc(F)cc3)c2)C1. The first-order valence-electron chi connectivity index (χ1n) is 8.84. The van der Waals surface area contributed by atoms with Crippen molar-refractivity contribution >= 4 is 17.6 Å². The summed E-state index contributed by atoms with van der Waals surface area (Å²) in [6.07, 6.45) is 1.47. The fourth-order valence-electron chi connectivity index (χ4n) is 3.05. The van der Waals surface area contributed by atoms with Crippen LogP contribution in [0.5, 0.6) is 5.75 Å². The zero-order valence-electron chi connectivity index (χ0n) is 14.9. The number of amides is 3. The minimum absolute atomic E-state index is 0.142. The Morgan fingerprint density at radius 3 is 2.74 bits per heavy atom. The molecule has 1 aliphatic rings. The van der Waals surface area contributed by atoms with Crippen molar-refractivity contribution in [1.82, 2.24) is 4.90 Å². The summed E-state index contributed by atoms with van der Waals surface area (Å²) in [5.74, 6) is -0.118. The summed E-state index contributed by atoms with van der Waals surface area (Å²) >= 11 is 0. The molecule has 0 bridgehead atoms. The number of nitrogens with zero attached hydrogens (tertiary/aromatic N) is 1. The third kappa shape index (κ3) is 5.20. The molecule has 3 rings (SSSR count). The van der Waals surface area contributed by atoms with Crippen molar-refractivity contribution in [2.45, 2.75) is 19.4 Å². The van der Waals surface area contributed by atoms with Gasteiger partial charge in [0.05, 0.1) is 5.92 Å². The molecule has 27 heavy (non-hydrogen) atoms. The third-order valence-electron chi connectivity index (χ3n) is 4.52. The van der Waals surface area contributed by atoms with Gasteiger partial charge in [-0.05, 0) is 42.7 Å². The summed E-state index contributed by atoms with van der Waals surface area (Å²) in [4.78, 5) is 25.3. The molecule has 3 amide bonds. The lowest BCUT2D eigenvalue weighted by Crippen LogP contribution is -2.46. The minimum atomic E-state index is -0.497. The molecule has 0 radical (unpaired) electrons. The lowest BCUT2D eigenvalue weighted by Gasteiger charge is -2.30. The van der Waals surface area contributed by atoms with Crippen LogP contribution in [0.2, 0.25) is 0 Å². The smallest absolute Gasteiger partial charge is 0.314 e. The number of rotatable bonds is 5. The Labute approximate surface area is 157 Å². The number of hydrogen-bond donors (Lipinski definition) is 2. The molecule has 1 heterocycles. The zero-order chi connectivity index (χ0) is 19.2. The van der Waals surface area contributed by atoms with Crippen LogP contribution in [0.15, 0.2) is 48.5 Å². The molecule has 1 unspecified atom stereocenters. The molecule has 0 aromatic heterocycles. The Morgan fingerprint density at radius 1 is 1.22 bits per heavy atom. The molecule has 142 valence electrons. The van der Waals surface area contributed by atoms with Gasteiger partial charge in [0.25, 0.3) is 0 Å². The highest BCUT2D eigenvalue weighted by Crippen LogP contribution is 2.22. The van der Waals surface area contributed by atoms with E-state index in [1.165, 1.54) is 17.0 Å². The maximum absolute atomic E-state index is 12.9. The van der Waals surface area contributed by atoms with Gasteiger partial charge in [-0.15, -0.1) is 0 Å². The van der Waals surface area contributed by atoms with Crippen molar-refractivity contribution in [3.05, 3.63) is 59.9 Å². The second kappa shape index (κ2) is 8.53. The Balaban J connectivity index is 1.57. The van der Waals surface area contributed by atoms with Crippen LogP contribution in [0.4, 0.5) is 14.9 Å².